The van der Waals surface area contributed by atoms with Crippen LogP contribution in [-0.2, 0) is 17.8 Å². The van der Waals surface area contributed by atoms with Crippen LogP contribution >= 0.6 is 0 Å². The lowest BCUT2D eigenvalue weighted by molar-refractivity contribution is -0.138. The van der Waals surface area contributed by atoms with Crippen LogP contribution in [0.4, 0.5) is 0 Å². The SMILES string of the molecule is C=C(C)C(=O)OCCC[Si](O)(O[Si](C)(C)C)[Si](C)(C)O[Si](C)(C)C. The molecule has 5 nitrogen and oxygen atoms in total. The van der Waals surface area contributed by atoms with Crippen molar-refractivity contribution in [2.24, 2.45) is 0 Å². The monoisotopic (exact) mass is 408 g/mol. The van der Waals surface area contributed by atoms with E-state index in [0.29, 0.717) is 18.0 Å². The van der Waals surface area contributed by atoms with E-state index in [1.807, 2.05) is 0 Å². The molecule has 0 saturated heterocycles. The van der Waals surface area contributed by atoms with E-state index in [1.54, 1.807) is 6.92 Å². The summed E-state index contributed by atoms with van der Waals surface area (Å²) in [6, 6.07) is 0.532. The summed E-state index contributed by atoms with van der Waals surface area (Å²) in [7, 11) is -9.11. The average molecular weight is 409 g/mol. The van der Waals surface area contributed by atoms with Crippen LogP contribution in [0.3, 0.4) is 0 Å². The van der Waals surface area contributed by atoms with E-state index in [9.17, 15) is 9.59 Å². The Morgan fingerprint density at radius 2 is 1.42 bits per heavy atom. The molecule has 0 aromatic rings. The van der Waals surface area contributed by atoms with Gasteiger partial charge in [-0.25, -0.2) is 4.79 Å². The predicted molar refractivity (Wildman–Crippen MR) is 110 cm³/mol. The zero-order valence-corrected chi connectivity index (χ0v) is 20.9. The summed E-state index contributed by atoms with van der Waals surface area (Å²) in [5, 5.41) is 0. The number of carbonyl (C=O) groups is 1. The Morgan fingerprint density at radius 3 is 1.79 bits per heavy atom. The maximum Gasteiger partial charge on any atom is 0.335 e. The highest BCUT2D eigenvalue weighted by Crippen LogP contribution is 2.30. The van der Waals surface area contributed by atoms with Crippen molar-refractivity contribution in [3.8, 4) is 0 Å². The van der Waals surface area contributed by atoms with E-state index in [4.69, 9.17) is 13.0 Å². The van der Waals surface area contributed by atoms with Crippen LogP contribution in [0, 0.1) is 0 Å². The number of hydrogen-bond donors (Lipinski definition) is 1. The van der Waals surface area contributed by atoms with Gasteiger partial charge in [0.15, 0.2) is 16.6 Å². The molecule has 0 aliphatic carbocycles. The molecule has 0 aliphatic heterocycles. The Morgan fingerprint density at radius 1 is 0.958 bits per heavy atom. The molecule has 0 rings (SSSR count). The first kappa shape index (κ1) is 24.0. The summed E-state index contributed by atoms with van der Waals surface area (Å²) in [5.41, 5.74) is 0.387. The molecular formula is C15H36O5Si4. The van der Waals surface area contributed by atoms with Crippen molar-refractivity contribution in [1.29, 1.82) is 0 Å². The first-order valence-corrected chi connectivity index (χ1v) is 21.2. The van der Waals surface area contributed by atoms with Gasteiger partial charge in [-0.2, -0.15) is 0 Å². The number of rotatable bonds is 10. The van der Waals surface area contributed by atoms with Crippen LogP contribution < -0.4 is 0 Å². The Balaban J connectivity index is 5.08. The Kier molecular flexibility index (Phi) is 8.55. The van der Waals surface area contributed by atoms with Crippen molar-refractivity contribution in [3.63, 3.8) is 0 Å². The number of hydrogen-bond acceptors (Lipinski definition) is 5. The van der Waals surface area contributed by atoms with Crippen molar-refractivity contribution in [3.05, 3.63) is 12.2 Å². The fourth-order valence-corrected chi connectivity index (χ4v) is 27.4. The molecule has 9 heteroatoms. The molecule has 0 radical (unpaired) electrons. The standard InChI is InChI=1S/C15H36O5Si4/c1-14(2)15(16)18-12-11-13-24(17,20-22(6,7)8)23(9,10)19-21(3,4)5/h17H,1,11-13H2,2-10H3. The van der Waals surface area contributed by atoms with E-state index >= 15 is 0 Å². The fourth-order valence-electron chi connectivity index (χ4n) is 2.43. The zero-order chi connectivity index (χ0) is 19.4. The van der Waals surface area contributed by atoms with Crippen LogP contribution in [0.5, 0.6) is 0 Å². The molecule has 0 saturated carbocycles. The van der Waals surface area contributed by atoms with Crippen LogP contribution in [-0.4, -0.2) is 49.9 Å². The summed E-state index contributed by atoms with van der Waals surface area (Å²) in [6.07, 6.45) is 0.581. The van der Waals surface area contributed by atoms with Crippen LogP contribution in [0.25, 0.3) is 0 Å². The molecule has 1 unspecified atom stereocenters. The highest BCUT2D eigenvalue weighted by Gasteiger charge is 2.55. The van der Waals surface area contributed by atoms with Gasteiger partial charge >= 0.3 is 14.0 Å². The highest BCUT2D eigenvalue weighted by atomic mass is 29.3. The van der Waals surface area contributed by atoms with Gasteiger partial charge in [-0.15, -0.1) is 0 Å². The zero-order valence-electron chi connectivity index (χ0n) is 16.9. The second-order valence-electron chi connectivity index (χ2n) is 8.74. The van der Waals surface area contributed by atoms with Crippen molar-refractivity contribution in [2.75, 3.05) is 6.61 Å². The minimum atomic E-state index is -3.02. The quantitative estimate of drug-likeness (QED) is 0.257. The van der Waals surface area contributed by atoms with E-state index in [-0.39, 0.29) is 12.6 Å². The maximum absolute atomic E-state index is 11.5. The molecule has 1 N–H and O–H groups in total. The number of carbonyl (C=O) groups excluding carboxylic acids is 1. The molecule has 24 heavy (non-hydrogen) atoms. The van der Waals surface area contributed by atoms with Crippen molar-refractivity contribution < 1.29 is 22.6 Å². The van der Waals surface area contributed by atoms with Gasteiger partial charge in [0.1, 0.15) is 0 Å². The largest absolute Gasteiger partial charge is 0.462 e. The third-order valence-electron chi connectivity index (χ3n) is 3.22. The molecule has 0 amide bonds. The minimum Gasteiger partial charge on any atom is -0.462 e. The van der Waals surface area contributed by atoms with E-state index < -0.39 is 32.5 Å². The summed E-state index contributed by atoms with van der Waals surface area (Å²) in [4.78, 5) is 22.9. The average Bonchev–Trinajstić information content (AvgIpc) is 2.28. The van der Waals surface area contributed by atoms with Gasteiger partial charge in [0, 0.05) is 5.57 Å². The molecule has 0 aliphatic rings. The van der Waals surface area contributed by atoms with E-state index in [2.05, 4.69) is 59.0 Å². The van der Waals surface area contributed by atoms with Gasteiger partial charge in [-0.3, -0.25) is 0 Å². The van der Waals surface area contributed by atoms with Crippen molar-refractivity contribution in [1.82, 2.24) is 0 Å². The molecule has 142 valence electrons. The smallest absolute Gasteiger partial charge is 0.335 e. The molecular weight excluding hydrogens is 373 g/mol. The fraction of sp³-hybridized carbons (Fsp3) is 0.800. The molecule has 0 aromatic heterocycles. The van der Waals surface area contributed by atoms with Crippen LogP contribution in [0.15, 0.2) is 12.2 Å². The van der Waals surface area contributed by atoms with Gasteiger partial charge in [0.25, 0.3) is 0 Å². The lowest BCUT2D eigenvalue weighted by atomic mass is 10.4. The molecule has 0 bridgehead atoms. The molecule has 0 heterocycles. The lowest BCUT2D eigenvalue weighted by Gasteiger charge is -2.44. The Bertz CT molecular complexity index is 454. The van der Waals surface area contributed by atoms with Crippen LogP contribution in [0.2, 0.25) is 58.4 Å². The number of esters is 1. The van der Waals surface area contributed by atoms with Gasteiger partial charge in [0.05, 0.1) is 6.61 Å². The molecule has 0 spiro atoms. The van der Waals surface area contributed by atoms with Gasteiger partial charge < -0.3 is 17.8 Å². The topological polar surface area (TPSA) is 65.0 Å². The van der Waals surface area contributed by atoms with Gasteiger partial charge in [-0.05, 0) is 71.8 Å². The third kappa shape index (κ3) is 8.88. The van der Waals surface area contributed by atoms with E-state index in [1.165, 1.54) is 0 Å². The Labute approximate surface area is 151 Å². The first-order chi connectivity index (χ1) is 10.5. The second-order valence-corrected chi connectivity index (χ2v) is 29.9. The summed E-state index contributed by atoms with van der Waals surface area (Å²) in [5.74, 6) is -0.388. The third-order valence-corrected chi connectivity index (χ3v) is 22.7. The highest BCUT2D eigenvalue weighted by molar-refractivity contribution is 7.35. The Hall–Kier alpha value is -0.0425. The summed E-state index contributed by atoms with van der Waals surface area (Å²) in [6.45, 7) is 22.3. The molecule has 1 atom stereocenters. The summed E-state index contributed by atoms with van der Waals surface area (Å²) < 4.78 is 17.9. The maximum atomic E-state index is 11.5. The molecule has 0 fully saturated rings. The van der Waals surface area contributed by atoms with E-state index in [0.717, 1.165) is 0 Å². The first-order valence-electron chi connectivity index (χ1n) is 8.44. The van der Waals surface area contributed by atoms with Crippen molar-refractivity contribution >= 4 is 38.5 Å². The number of ether oxygens (including phenoxy) is 1. The second kappa shape index (κ2) is 8.56. The summed E-state index contributed by atoms with van der Waals surface area (Å²) >= 11 is 0. The molecule has 0 aromatic carbocycles. The lowest BCUT2D eigenvalue weighted by Crippen LogP contribution is -2.68. The normalized spacial score (nSPS) is 15.8. The van der Waals surface area contributed by atoms with Crippen LogP contribution in [0.1, 0.15) is 13.3 Å². The predicted octanol–water partition coefficient (Wildman–Crippen LogP) is 3.92. The van der Waals surface area contributed by atoms with Gasteiger partial charge in [0.2, 0.25) is 7.83 Å². The van der Waals surface area contributed by atoms with Gasteiger partial charge in [-0.1, -0.05) is 6.58 Å². The van der Waals surface area contributed by atoms with Crippen molar-refractivity contribution in [2.45, 2.75) is 71.8 Å². The minimum absolute atomic E-state index is 0.271.